The van der Waals surface area contributed by atoms with Gasteiger partial charge in [-0.05, 0) is 25.2 Å². The molecule has 0 radical (unpaired) electrons. The lowest BCUT2D eigenvalue weighted by Gasteiger charge is -2.36. The van der Waals surface area contributed by atoms with Crippen LogP contribution in [-0.4, -0.2) is 61.5 Å². The topological polar surface area (TPSA) is 35.6 Å². The van der Waals surface area contributed by atoms with Crippen molar-refractivity contribution >= 4 is 5.91 Å². The molecule has 2 fully saturated rings. The summed E-state index contributed by atoms with van der Waals surface area (Å²) in [6, 6.07) is 0. The number of rotatable bonds is 4. The zero-order valence-corrected chi connectivity index (χ0v) is 11.7. The van der Waals surface area contributed by atoms with E-state index in [2.05, 4.69) is 22.0 Å². The normalized spacial score (nSPS) is 23.3. The second kappa shape index (κ2) is 7.10. The number of hydrogen-bond donors (Lipinski definition) is 1. The molecule has 0 saturated carbocycles. The predicted molar refractivity (Wildman–Crippen MR) is 73.5 cm³/mol. The molecule has 0 aromatic heterocycles. The molecule has 4 heteroatoms. The molecule has 2 rings (SSSR count). The molecule has 2 saturated heterocycles. The van der Waals surface area contributed by atoms with Crippen LogP contribution >= 0.6 is 0 Å². The van der Waals surface area contributed by atoms with Crippen molar-refractivity contribution < 1.29 is 4.79 Å². The summed E-state index contributed by atoms with van der Waals surface area (Å²) in [5, 5.41) is 3.39. The Morgan fingerprint density at radius 1 is 1.17 bits per heavy atom. The van der Waals surface area contributed by atoms with Crippen LogP contribution in [0, 0.1) is 5.92 Å². The van der Waals surface area contributed by atoms with E-state index in [0.717, 1.165) is 44.9 Å². The molecule has 0 unspecified atom stereocenters. The second-order valence-electron chi connectivity index (χ2n) is 5.62. The van der Waals surface area contributed by atoms with E-state index in [9.17, 15) is 4.79 Å². The lowest BCUT2D eigenvalue weighted by Crippen LogP contribution is -2.47. The highest BCUT2D eigenvalue weighted by molar-refractivity contribution is 5.76. The first kappa shape index (κ1) is 13.8. The van der Waals surface area contributed by atoms with Gasteiger partial charge in [-0.3, -0.25) is 4.79 Å². The van der Waals surface area contributed by atoms with Gasteiger partial charge in [-0.1, -0.05) is 6.92 Å². The van der Waals surface area contributed by atoms with Crippen LogP contribution < -0.4 is 5.32 Å². The van der Waals surface area contributed by atoms with Gasteiger partial charge in [-0.25, -0.2) is 0 Å². The van der Waals surface area contributed by atoms with Crippen LogP contribution in [0.3, 0.4) is 0 Å². The maximum Gasteiger partial charge on any atom is 0.222 e. The van der Waals surface area contributed by atoms with Gasteiger partial charge in [0.2, 0.25) is 5.91 Å². The largest absolute Gasteiger partial charge is 0.343 e. The third-order valence-corrected chi connectivity index (χ3v) is 4.16. The maximum atomic E-state index is 11.8. The van der Waals surface area contributed by atoms with Gasteiger partial charge >= 0.3 is 0 Å². The Morgan fingerprint density at radius 2 is 1.83 bits per heavy atom. The van der Waals surface area contributed by atoms with Gasteiger partial charge in [0.05, 0.1) is 0 Å². The Bertz CT molecular complexity index is 256. The van der Waals surface area contributed by atoms with Crippen molar-refractivity contribution in [2.24, 2.45) is 5.92 Å². The van der Waals surface area contributed by atoms with Crippen molar-refractivity contribution in [2.45, 2.75) is 32.6 Å². The van der Waals surface area contributed by atoms with Crippen LogP contribution in [0.5, 0.6) is 0 Å². The molecule has 104 valence electrons. The summed E-state index contributed by atoms with van der Waals surface area (Å²) in [6.07, 6.45) is 4.08. The summed E-state index contributed by atoms with van der Waals surface area (Å²) in [6.45, 7) is 9.92. The van der Waals surface area contributed by atoms with Crippen LogP contribution in [0.2, 0.25) is 0 Å². The van der Waals surface area contributed by atoms with Crippen LogP contribution in [0.1, 0.15) is 32.6 Å². The monoisotopic (exact) mass is 253 g/mol. The van der Waals surface area contributed by atoms with E-state index in [1.54, 1.807) is 0 Å². The smallest absolute Gasteiger partial charge is 0.222 e. The average Bonchev–Trinajstić information content (AvgIpc) is 2.41. The summed E-state index contributed by atoms with van der Waals surface area (Å²) in [4.78, 5) is 16.4. The molecular formula is C14H27N3O. The SMILES string of the molecule is CCCC(=O)N1CCC(CN2CCNCC2)CC1. The molecule has 0 aliphatic carbocycles. The van der Waals surface area contributed by atoms with Crippen LogP contribution in [-0.2, 0) is 4.79 Å². The molecule has 2 heterocycles. The van der Waals surface area contributed by atoms with Crippen molar-refractivity contribution in [3.8, 4) is 0 Å². The first-order valence-electron chi connectivity index (χ1n) is 7.50. The van der Waals surface area contributed by atoms with Crippen molar-refractivity contribution in [1.29, 1.82) is 0 Å². The number of carbonyl (C=O) groups is 1. The Hall–Kier alpha value is -0.610. The number of nitrogens with zero attached hydrogens (tertiary/aromatic N) is 2. The molecule has 18 heavy (non-hydrogen) atoms. The third-order valence-electron chi connectivity index (χ3n) is 4.16. The number of piperidine rings is 1. The van der Waals surface area contributed by atoms with Crippen LogP contribution in [0.25, 0.3) is 0 Å². The number of hydrogen-bond acceptors (Lipinski definition) is 3. The lowest BCUT2D eigenvalue weighted by atomic mass is 9.95. The summed E-state index contributed by atoms with van der Waals surface area (Å²) >= 11 is 0. The summed E-state index contributed by atoms with van der Waals surface area (Å²) in [5.41, 5.74) is 0. The molecule has 1 N–H and O–H groups in total. The van der Waals surface area contributed by atoms with Gasteiger partial charge in [-0.2, -0.15) is 0 Å². The van der Waals surface area contributed by atoms with Crippen molar-refractivity contribution in [1.82, 2.24) is 15.1 Å². The van der Waals surface area contributed by atoms with Crippen molar-refractivity contribution in [3.63, 3.8) is 0 Å². The molecule has 2 aliphatic heterocycles. The molecule has 2 aliphatic rings. The van der Waals surface area contributed by atoms with Crippen LogP contribution in [0.15, 0.2) is 0 Å². The van der Waals surface area contributed by atoms with Gasteiger partial charge in [0.15, 0.2) is 0 Å². The minimum atomic E-state index is 0.359. The Morgan fingerprint density at radius 3 is 2.44 bits per heavy atom. The first-order valence-corrected chi connectivity index (χ1v) is 7.50. The fourth-order valence-corrected chi connectivity index (χ4v) is 3.00. The molecule has 4 nitrogen and oxygen atoms in total. The number of piperazine rings is 1. The van der Waals surface area contributed by atoms with E-state index < -0.39 is 0 Å². The van der Waals surface area contributed by atoms with Gasteiger partial charge in [0.25, 0.3) is 0 Å². The fraction of sp³-hybridized carbons (Fsp3) is 0.929. The van der Waals surface area contributed by atoms with E-state index in [1.807, 2.05) is 0 Å². The minimum Gasteiger partial charge on any atom is -0.343 e. The fourth-order valence-electron chi connectivity index (χ4n) is 3.00. The standard InChI is InChI=1S/C14H27N3O/c1-2-3-14(18)17-8-4-13(5-9-17)12-16-10-6-15-7-11-16/h13,15H,2-12H2,1H3. The molecule has 0 aromatic carbocycles. The highest BCUT2D eigenvalue weighted by atomic mass is 16.2. The van der Waals surface area contributed by atoms with Crippen molar-refractivity contribution in [3.05, 3.63) is 0 Å². The zero-order chi connectivity index (χ0) is 12.8. The Balaban J connectivity index is 1.68. The first-order chi connectivity index (χ1) is 8.79. The molecule has 0 spiro atoms. The second-order valence-corrected chi connectivity index (χ2v) is 5.62. The predicted octanol–water partition coefficient (Wildman–Crippen LogP) is 0.930. The molecular weight excluding hydrogens is 226 g/mol. The van der Waals surface area contributed by atoms with E-state index in [-0.39, 0.29) is 0 Å². The van der Waals surface area contributed by atoms with Gasteiger partial charge in [0, 0.05) is 52.2 Å². The number of amides is 1. The Labute approximate surface area is 111 Å². The third kappa shape index (κ3) is 3.95. The summed E-state index contributed by atoms with van der Waals surface area (Å²) < 4.78 is 0. The molecule has 0 aromatic rings. The van der Waals surface area contributed by atoms with Gasteiger partial charge in [0.1, 0.15) is 0 Å². The van der Waals surface area contributed by atoms with Gasteiger partial charge < -0.3 is 15.1 Å². The molecule has 0 atom stereocenters. The lowest BCUT2D eigenvalue weighted by molar-refractivity contribution is -0.132. The summed E-state index contributed by atoms with van der Waals surface area (Å²) in [7, 11) is 0. The van der Waals surface area contributed by atoms with Gasteiger partial charge in [-0.15, -0.1) is 0 Å². The maximum absolute atomic E-state index is 11.8. The number of likely N-dealkylation sites (tertiary alicyclic amines) is 1. The number of nitrogens with one attached hydrogen (secondary N) is 1. The van der Waals surface area contributed by atoms with E-state index >= 15 is 0 Å². The number of carbonyl (C=O) groups excluding carboxylic acids is 1. The quantitative estimate of drug-likeness (QED) is 0.809. The Kier molecular flexibility index (Phi) is 5.45. The average molecular weight is 253 g/mol. The molecule has 1 amide bonds. The zero-order valence-electron chi connectivity index (χ0n) is 11.7. The van der Waals surface area contributed by atoms with Crippen LogP contribution in [0.4, 0.5) is 0 Å². The molecule has 0 bridgehead atoms. The minimum absolute atomic E-state index is 0.359. The highest BCUT2D eigenvalue weighted by Gasteiger charge is 2.24. The summed E-state index contributed by atoms with van der Waals surface area (Å²) in [5.74, 6) is 1.16. The van der Waals surface area contributed by atoms with E-state index in [4.69, 9.17) is 0 Å². The van der Waals surface area contributed by atoms with Crippen molar-refractivity contribution in [2.75, 3.05) is 45.8 Å². The highest BCUT2D eigenvalue weighted by Crippen LogP contribution is 2.19. The van der Waals surface area contributed by atoms with E-state index in [0.29, 0.717) is 5.91 Å². The van der Waals surface area contributed by atoms with E-state index in [1.165, 1.54) is 32.5 Å².